The quantitative estimate of drug-likeness (QED) is 0.879. The lowest BCUT2D eigenvalue weighted by Crippen LogP contribution is -2.22. The minimum atomic E-state index is 0.446. The molecular weight excluding hydrogens is 258 g/mol. The van der Waals surface area contributed by atoms with Crippen molar-refractivity contribution in [3.63, 3.8) is 0 Å². The summed E-state index contributed by atoms with van der Waals surface area (Å²) in [7, 11) is 0. The molecule has 1 aromatic heterocycles. The van der Waals surface area contributed by atoms with E-state index in [1.165, 1.54) is 14.2 Å². The fourth-order valence-corrected chi connectivity index (χ4v) is 2.67. The molecule has 0 aliphatic carbocycles. The SMILES string of the molecule is CCNC(C)/C=C/c1cc(Br)c(C)s1. The van der Waals surface area contributed by atoms with Crippen molar-refractivity contribution in [2.45, 2.75) is 26.8 Å². The summed E-state index contributed by atoms with van der Waals surface area (Å²) >= 11 is 5.33. The summed E-state index contributed by atoms with van der Waals surface area (Å²) in [5.74, 6) is 0. The summed E-state index contributed by atoms with van der Waals surface area (Å²) < 4.78 is 1.21. The zero-order valence-electron chi connectivity index (χ0n) is 8.80. The maximum Gasteiger partial charge on any atom is 0.0317 e. The van der Waals surface area contributed by atoms with Crippen molar-refractivity contribution in [3.05, 3.63) is 26.4 Å². The number of aryl methyl sites for hydroxylation is 1. The number of rotatable bonds is 4. The van der Waals surface area contributed by atoms with Crippen molar-refractivity contribution in [2.24, 2.45) is 0 Å². The molecule has 0 radical (unpaired) electrons. The fraction of sp³-hybridized carbons (Fsp3) is 0.455. The first-order valence-electron chi connectivity index (χ1n) is 4.81. The predicted molar refractivity (Wildman–Crippen MR) is 68.9 cm³/mol. The van der Waals surface area contributed by atoms with Gasteiger partial charge in [0.25, 0.3) is 0 Å². The molecule has 0 saturated heterocycles. The van der Waals surface area contributed by atoms with Gasteiger partial charge in [0, 0.05) is 20.3 Å². The van der Waals surface area contributed by atoms with E-state index in [0.29, 0.717) is 6.04 Å². The second-order valence-corrected chi connectivity index (χ2v) is 5.40. The first-order chi connectivity index (χ1) is 6.63. The molecule has 1 unspecified atom stereocenters. The molecule has 3 heteroatoms. The zero-order valence-corrected chi connectivity index (χ0v) is 11.2. The molecule has 1 aromatic rings. The van der Waals surface area contributed by atoms with Gasteiger partial charge in [0.1, 0.15) is 0 Å². The van der Waals surface area contributed by atoms with Crippen LogP contribution in [0.4, 0.5) is 0 Å². The highest BCUT2D eigenvalue weighted by Gasteiger charge is 1.99. The van der Waals surface area contributed by atoms with Gasteiger partial charge >= 0.3 is 0 Å². The molecule has 1 rings (SSSR count). The van der Waals surface area contributed by atoms with Crippen molar-refractivity contribution in [1.29, 1.82) is 0 Å². The number of halogens is 1. The molecule has 0 bridgehead atoms. The van der Waals surface area contributed by atoms with Crippen molar-refractivity contribution < 1.29 is 0 Å². The van der Waals surface area contributed by atoms with E-state index in [1.54, 1.807) is 0 Å². The first-order valence-corrected chi connectivity index (χ1v) is 6.42. The van der Waals surface area contributed by atoms with Crippen LogP contribution in [0.5, 0.6) is 0 Å². The molecule has 0 aliphatic heterocycles. The fourth-order valence-electron chi connectivity index (χ4n) is 1.19. The van der Waals surface area contributed by atoms with Crippen LogP contribution in [0.3, 0.4) is 0 Å². The molecule has 78 valence electrons. The van der Waals surface area contributed by atoms with Gasteiger partial charge < -0.3 is 5.32 Å². The Balaban J connectivity index is 2.59. The van der Waals surface area contributed by atoms with E-state index in [2.05, 4.69) is 60.2 Å². The lowest BCUT2D eigenvalue weighted by molar-refractivity contribution is 0.663. The second kappa shape index (κ2) is 5.69. The summed E-state index contributed by atoms with van der Waals surface area (Å²) in [4.78, 5) is 2.64. The number of likely N-dealkylation sites (N-methyl/N-ethyl adjacent to an activating group) is 1. The predicted octanol–water partition coefficient (Wildman–Crippen LogP) is 3.83. The van der Waals surface area contributed by atoms with E-state index >= 15 is 0 Å². The summed E-state index contributed by atoms with van der Waals surface area (Å²) in [5, 5.41) is 3.34. The van der Waals surface area contributed by atoms with Crippen molar-refractivity contribution >= 4 is 33.3 Å². The topological polar surface area (TPSA) is 12.0 Å². The van der Waals surface area contributed by atoms with Gasteiger partial charge in [0.2, 0.25) is 0 Å². The molecule has 0 aromatic carbocycles. The van der Waals surface area contributed by atoms with Crippen LogP contribution < -0.4 is 5.32 Å². The van der Waals surface area contributed by atoms with Crippen LogP contribution in [0.2, 0.25) is 0 Å². The number of nitrogens with one attached hydrogen (secondary N) is 1. The molecule has 1 heterocycles. The Hall–Kier alpha value is -0.120. The van der Waals surface area contributed by atoms with E-state index in [0.717, 1.165) is 6.54 Å². The summed E-state index contributed by atoms with van der Waals surface area (Å²) in [6, 6.07) is 2.61. The monoisotopic (exact) mass is 273 g/mol. The van der Waals surface area contributed by atoms with E-state index in [-0.39, 0.29) is 0 Å². The molecule has 0 fully saturated rings. The van der Waals surface area contributed by atoms with Gasteiger partial charge in [0.15, 0.2) is 0 Å². The highest BCUT2D eigenvalue weighted by Crippen LogP contribution is 2.27. The molecule has 1 nitrogen and oxygen atoms in total. The largest absolute Gasteiger partial charge is 0.311 e. The van der Waals surface area contributed by atoms with Gasteiger partial charge in [-0.25, -0.2) is 0 Å². The van der Waals surface area contributed by atoms with Crippen LogP contribution >= 0.6 is 27.3 Å². The molecule has 14 heavy (non-hydrogen) atoms. The van der Waals surface area contributed by atoms with E-state index in [1.807, 2.05) is 11.3 Å². The number of hydrogen-bond donors (Lipinski definition) is 1. The number of thiophene rings is 1. The number of hydrogen-bond acceptors (Lipinski definition) is 2. The lowest BCUT2D eigenvalue weighted by atomic mass is 10.3. The summed E-state index contributed by atoms with van der Waals surface area (Å²) in [6.07, 6.45) is 4.37. The Kier molecular flexibility index (Phi) is 4.85. The third-order valence-electron chi connectivity index (χ3n) is 1.95. The minimum absolute atomic E-state index is 0.446. The van der Waals surface area contributed by atoms with Crippen LogP contribution in [-0.4, -0.2) is 12.6 Å². The van der Waals surface area contributed by atoms with Crippen LogP contribution in [0.25, 0.3) is 6.08 Å². The highest BCUT2D eigenvalue weighted by molar-refractivity contribution is 9.10. The maximum absolute atomic E-state index is 3.51. The van der Waals surface area contributed by atoms with Gasteiger partial charge in [-0.05, 0) is 48.5 Å². The standard InChI is InChI=1S/C11H16BrNS/c1-4-13-8(2)5-6-10-7-11(12)9(3)14-10/h5-8,13H,4H2,1-3H3/b6-5+. The van der Waals surface area contributed by atoms with Gasteiger partial charge in [-0.2, -0.15) is 0 Å². The van der Waals surface area contributed by atoms with E-state index < -0.39 is 0 Å². The average molecular weight is 274 g/mol. The Morgan fingerprint density at radius 1 is 1.64 bits per heavy atom. The second-order valence-electron chi connectivity index (χ2n) is 3.26. The third-order valence-corrected chi connectivity index (χ3v) is 4.05. The van der Waals surface area contributed by atoms with Crippen molar-refractivity contribution in [3.8, 4) is 0 Å². The Morgan fingerprint density at radius 3 is 2.86 bits per heavy atom. The molecule has 0 aliphatic rings. The van der Waals surface area contributed by atoms with Crippen LogP contribution in [0, 0.1) is 6.92 Å². The van der Waals surface area contributed by atoms with Gasteiger partial charge in [-0.1, -0.05) is 13.0 Å². The molecule has 0 saturated carbocycles. The summed E-state index contributed by atoms with van der Waals surface area (Å²) in [6.45, 7) is 7.42. The zero-order chi connectivity index (χ0) is 10.6. The Bertz CT molecular complexity index is 298. The van der Waals surface area contributed by atoms with Crippen LogP contribution in [0.1, 0.15) is 23.6 Å². The van der Waals surface area contributed by atoms with Gasteiger partial charge in [-0.15, -0.1) is 11.3 Å². The molecular formula is C11H16BrNS. The van der Waals surface area contributed by atoms with Crippen molar-refractivity contribution in [1.82, 2.24) is 5.32 Å². The van der Waals surface area contributed by atoms with Gasteiger partial charge in [0.05, 0.1) is 0 Å². The molecule has 1 N–H and O–H groups in total. The molecule has 1 atom stereocenters. The maximum atomic E-state index is 3.51. The average Bonchev–Trinajstić information content (AvgIpc) is 2.44. The third kappa shape index (κ3) is 3.56. The van der Waals surface area contributed by atoms with E-state index in [9.17, 15) is 0 Å². The summed E-state index contributed by atoms with van der Waals surface area (Å²) in [5.41, 5.74) is 0. The van der Waals surface area contributed by atoms with E-state index in [4.69, 9.17) is 0 Å². The first kappa shape index (κ1) is 12.0. The molecule has 0 spiro atoms. The smallest absolute Gasteiger partial charge is 0.0317 e. The van der Waals surface area contributed by atoms with Crippen LogP contribution in [0.15, 0.2) is 16.6 Å². The molecule has 0 amide bonds. The Morgan fingerprint density at radius 2 is 2.36 bits per heavy atom. The van der Waals surface area contributed by atoms with Crippen molar-refractivity contribution in [2.75, 3.05) is 6.54 Å². The minimum Gasteiger partial charge on any atom is -0.311 e. The Labute approximate surface area is 98.4 Å². The van der Waals surface area contributed by atoms with Gasteiger partial charge in [-0.3, -0.25) is 0 Å². The lowest BCUT2D eigenvalue weighted by Gasteiger charge is -2.04. The highest BCUT2D eigenvalue weighted by atomic mass is 79.9. The van der Waals surface area contributed by atoms with Crippen LogP contribution in [-0.2, 0) is 0 Å². The normalized spacial score (nSPS) is 13.7.